The predicted octanol–water partition coefficient (Wildman–Crippen LogP) is 0.704. The van der Waals surface area contributed by atoms with Crippen LogP contribution in [-0.4, -0.2) is 47.6 Å². The van der Waals surface area contributed by atoms with Gasteiger partial charge in [-0.1, -0.05) is 0 Å². The number of piperidine rings is 1. The molecule has 1 aromatic rings. The van der Waals surface area contributed by atoms with Crippen LogP contribution in [0.5, 0.6) is 0 Å². The van der Waals surface area contributed by atoms with E-state index in [0.29, 0.717) is 12.5 Å². The summed E-state index contributed by atoms with van der Waals surface area (Å²) in [6.45, 7) is 2.80. The zero-order valence-corrected chi connectivity index (χ0v) is 12.3. The molecule has 0 saturated carbocycles. The van der Waals surface area contributed by atoms with Crippen LogP contribution in [0.1, 0.15) is 32.1 Å². The lowest BCUT2D eigenvalue weighted by atomic mass is 10.1. The number of amides is 1. The van der Waals surface area contributed by atoms with Gasteiger partial charge in [0.05, 0.1) is 0 Å². The van der Waals surface area contributed by atoms with Gasteiger partial charge in [-0.05, 0) is 38.3 Å². The third-order valence-corrected chi connectivity index (χ3v) is 4.22. The molecule has 0 aliphatic carbocycles. The van der Waals surface area contributed by atoms with Gasteiger partial charge in [-0.15, -0.1) is 0 Å². The van der Waals surface area contributed by atoms with Crippen LogP contribution in [0.3, 0.4) is 0 Å². The number of rotatable bonds is 4. The summed E-state index contributed by atoms with van der Waals surface area (Å²) in [4.78, 5) is 22.8. The molecular weight excluding hydrogens is 266 g/mol. The fourth-order valence-corrected chi connectivity index (χ4v) is 3.17. The summed E-state index contributed by atoms with van der Waals surface area (Å²) in [5.41, 5.74) is 0. The highest BCUT2D eigenvalue weighted by atomic mass is 16.1. The minimum atomic E-state index is 0.162. The lowest BCUT2D eigenvalue weighted by Crippen LogP contribution is -2.49. The van der Waals surface area contributed by atoms with E-state index in [1.807, 2.05) is 6.07 Å². The van der Waals surface area contributed by atoms with Crippen molar-refractivity contribution >= 4 is 11.9 Å². The summed E-state index contributed by atoms with van der Waals surface area (Å²) in [5.74, 6) is 0.920. The Balaban J connectivity index is 1.50. The number of anilines is 1. The fraction of sp³-hybridized carbons (Fsp3) is 0.667. The Bertz CT molecular complexity index is 460. The van der Waals surface area contributed by atoms with E-state index in [2.05, 4.69) is 25.5 Å². The van der Waals surface area contributed by atoms with Crippen molar-refractivity contribution < 1.29 is 4.79 Å². The number of carbonyl (C=O) groups excluding carboxylic acids is 1. The lowest BCUT2D eigenvalue weighted by Gasteiger charge is -2.33. The molecule has 6 heteroatoms. The van der Waals surface area contributed by atoms with Crippen LogP contribution in [0.15, 0.2) is 18.5 Å². The summed E-state index contributed by atoms with van der Waals surface area (Å²) in [6, 6.07) is 2.39. The van der Waals surface area contributed by atoms with Gasteiger partial charge in [-0.3, -0.25) is 4.79 Å². The van der Waals surface area contributed by atoms with E-state index < -0.39 is 0 Å². The normalized spacial score (nSPS) is 25.8. The van der Waals surface area contributed by atoms with Crippen LogP contribution in [0.2, 0.25) is 0 Å². The van der Waals surface area contributed by atoms with Gasteiger partial charge in [0.1, 0.15) is 0 Å². The minimum Gasteiger partial charge on any atom is -0.352 e. The van der Waals surface area contributed by atoms with Crippen LogP contribution >= 0.6 is 0 Å². The van der Waals surface area contributed by atoms with Crippen LogP contribution in [-0.2, 0) is 4.79 Å². The van der Waals surface area contributed by atoms with Crippen molar-refractivity contribution in [1.29, 1.82) is 0 Å². The summed E-state index contributed by atoms with van der Waals surface area (Å²) in [5, 5.41) is 6.54. The van der Waals surface area contributed by atoms with Crippen molar-refractivity contribution in [3.05, 3.63) is 18.5 Å². The Morgan fingerprint density at radius 2 is 2.19 bits per heavy atom. The second-order valence-electron chi connectivity index (χ2n) is 5.90. The molecule has 21 heavy (non-hydrogen) atoms. The van der Waals surface area contributed by atoms with Gasteiger partial charge < -0.3 is 15.5 Å². The molecule has 2 saturated heterocycles. The second-order valence-corrected chi connectivity index (χ2v) is 5.90. The molecule has 114 valence electrons. The van der Waals surface area contributed by atoms with E-state index in [-0.39, 0.29) is 11.9 Å². The monoisotopic (exact) mass is 289 g/mol. The second kappa shape index (κ2) is 6.85. The van der Waals surface area contributed by atoms with Gasteiger partial charge in [-0.25, -0.2) is 9.97 Å². The molecule has 2 aliphatic rings. The van der Waals surface area contributed by atoms with Crippen LogP contribution < -0.4 is 15.5 Å². The molecular formula is C15H23N5O. The van der Waals surface area contributed by atoms with Crippen molar-refractivity contribution in [2.75, 3.05) is 24.5 Å². The number of carbonyl (C=O) groups is 1. The number of aromatic nitrogens is 2. The highest BCUT2D eigenvalue weighted by Gasteiger charge is 2.24. The molecule has 0 aromatic carbocycles. The van der Waals surface area contributed by atoms with E-state index in [9.17, 15) is 4.79 Å². The van der Waals surface area contributed by atoms with Crippen LogP contribution in [0.25, 0.3) is 0 Å². The Labute approximate surface area is 125 Å². The summed E-state index contributed by atoms with van der Waals surface area (Å²) in [7, 11) is 0. The quantitative estimate of drug-likeness (QED) is 0.854. The predicted molar refractivity (Wildman–Crippen MR) is 81.1 cm³/mol. The van der Waals surface area contributed by atoms with E-state index in [4.69, 9.17) is 0 Å². The average Bonchev–Trinajstić information content (AvgIpc) is 3.01. The van der Waals surface area contributed by atoms with Crippen molar-refractivity contribution in [2.45, 2.75) is 44.2 Å². The van der Waals surface area contributed by atoms with Crippen LogP contribution in [0, 0.1) is 0 Å². The minimum absolute atomic E-state index is 0.162. The molecule has 2 unspecified atom stereocenters. The molecule has 2 aliphatic heterocycles. The third-order valence-electron chi connectivity index (χ3n) is 4.22. The highest BCUT2D eigenvalue weighted by molar-refractivity contribution is 5.77. The van der Waals surface area contributed by atoms with Gasteiger partial charge in [-0.2, -0.15) is 0 Å². The van der Waals surface area contributed by atoms with Gasteiger partial charge in [0.15, 0.2) is 0 Å². The standard InChI is InChI=1S/C15H23N5O/c21-14(10-12-4-1-6-16-12)19-13-5-2-9-20(11-13)15-17-7-3-8-18-15/h3,7-8,12-13,16H,1-2,4-6,9-11H2,(H,19,21). The number of nitrogens with one attached hydrogen (secondary N) is 2. The van der Waals surface area contributed by atoms with Gasteiger partial charge in [0, 0.05) is 44.0 Å². The first-order valence-electron chi connectivity index (χ1n) is 7.86. The molecule has 0 bridgehead atoms. The Kier molecular flexibility index (Phi) is 4.65. The maximum absolute atomic E-state index is 12.1. The van der Waals surface area contributed by atoms with Crippen molar-refractivity contribution in [1.82, 2.24) is 20.6 Å². The largest absolute Gasteiger partial charge is 0.352 e. The Hall–Kier alpha value is -1.69. The molecule has 2 fully saturated rings. The molecule has 1 amide bonds. The molecule has 3 heterocycles. The molecule has 2 N–H and O–H groups in total. The van der Waals surface area contributed by atoms with Crippen molar-refractivity contribution in [2.24, 2.45) is 0 Å². The van der Waals surface area contributed by atoms with Crippen molar-refractivity contribution in [3.8, 4) is 0 Å². The topological polar surface area (TPSA) is 70.2 Å². The summed E-state index contributed by atoms with van der Waals surface area (Å²) in [6.07, 6.45) is 8.51. The Morgan fingerprint density at radius 1 is 1.33 bits per heavy atom. The molecule has 2 atom stereocenters. The first-order valence-corrected chi connectivity index (χ1v) is 7.86. The summed E-state index contributed by atoms with van der Waals surface area (Å²) >= 11 is 0. The van der Waals surface area contributed by atoms with Gasteiger partial charge in [0.2, 0.25) is 11.9 Å². The van der Waals surface area contributed by atoms with E-state index in [0.717, 1.165) is 44.8 Å². The number of hydrogen-bond acceptors (Lipinski definition) is 5. The maximum Gasteiger partial charge on any atom is 0.225 e. The number of nitrogens with zero attached hydrogens (tertiary/aromatic N) is 3. The first kappa shape index (κ1) is 14.3. The first-order chi connectivity index (χ1) is 10.3. The van der Waals surface area contributed by atoms with E-state index >= 15 is 0 Å². The Morgan fingerprint density at radius 3 is 2.95 bits per heavy atom. The average molecular weight is 289 g/mol. The third kappa shape index (κ3) is 3.91. The molecule has 0 spiro atoms. The van der Waals surface area contributed by atoms with E-state index in [1.165, 1.54) is 6.42 Å². The highest BCUT2D eigenvalue weighted by Crippen LogP contribution is 2.16. The van der Waals surface area contributed by atoms with E-state index in [1.54, 1.807) is 12.4 Å². The van der Waals surface area contributed by atoms with Gasteiger partial charge >= 0.3 is 0 Å². The number of hydrogen-bond donors (Lipinski definition) is 2. The maximum atomic E-state index is 12.1. The molecule has 6 nitrogen and oxygen atoms in total. The SMILES string of the molecule is O=C(CC1CCCN1)NC1CCCN(c2ncccn2)C1. The molecule has 0 radical (unpaired) electrons. The molecule has 3 rings (SSSR count). The lowest BCUT2D eigenvalue weighted by molar-refractivity contribution is -0.122. The smallest absolute Gasteiger partial charge is 0.225 e. The fourth-order valence-electron chi connectivity index (χ4n) is 3.17. The van der Waals surface area contributed by atoms with Crippen molar-refractivity contribution in [3.63, 3.8) is 0 Å². The summed E-state index contributed by atoms with van der Waals surface area (Å²) < 4.78 is 0. The van der Waals surface area contributed by atoms with Crippen LogP contribution in [0.4, 0.5) is 5.95 Å². The van der Waals surface area contributed by atoms with Gasteiger partial charge in [0.25, 0.3) is 0 Å². The zero-order chi connectivity index (χ0) is 14.5. The zero-order valence-electron chi connectivity index (χ0n) is 12.3. The molecule has 1 aromatic heterocycles.